The van der Waals surface area contributed by atoms with Crippen LogP contribution in [0.1, 0.15) is 37.9 Å². The van der Waals surface area contributed by atoms with Crippen LogP contribution in [0.2, 0.25) is 0 Å². The largest absolute Gasteiger partial charge is 0.454 e. The Hall–Kier alpha value is -1.26. The van der Waals surface area contributed by atoms with Crippen molar-refractivity contribution in [1.29, 1.82) is 0 Å². The highest BCUT2D eigenvalue weighted by Gasteiger charge is 2.22. The summed E-state index contributed by atoms with van der Waals surface area (Å²) in [5.41, 5.74) is 0.909. The highest BCUT2D eigenvalue weighted by molar-refractivity contribution is 5.45. The van der Waals surface area contributed by atoms with Crippen LogP contribution < -0.4 is 9.47 Å². The van der Waals surface area contributed by atoms with Crippen LogP contribution in [0.25, 0.3) is 0 Å². The van der Waals surface area contributed by atoms with Crippen molar-refractivity contribution in [1.82, 2.24) is 4.90 Å². The Morgan fingerprint density at radius 3 is 2.75 bits per heavy atom. The molecule has 1 aromatic rings. The molecule has 2 aliphatic heterocycles. The van der Waals surface area contributed by atoms with Crippen LogP contribution >= 0.6 is 0 Å². The van der Waals surface area contributed by atoms with Gasteiger partial charge in [0.05, 0.1) is 6.10 Å². The number of aliphatic hydroxyl groups is 1. The van der Waals surface area contributed by atoms with Gasteiger partial charge in [-0.25, -0.2) is 0 Å². The smallest absolute Gasteiger partial charge is 0.231 e. The monoisotopic (exact) mass is 277 g/mol. The molecular formula is C16H23NO3. The van der Waals surface area contributed by atoms with Gasteiger partial charge in [-0.3, -0.25) is 0 Å². The van der Waals surface area contributed by atoms with E-state index in [4.69, 9.17) is 9.47 Å². The van der Waals surface area contributed by atoms with Crippen LogP contribution in [0.4, 0.5) is 0 Å². The fourth-order valence-electron chi connectivity index (χ4n) is 3.05. The Morgan fingerprint density at radius 2 is 2.00 bits per heavy atom. The summed E-state index contributed by atoms with van der Waals surface area (Å²) in [4.78, 5) is 2.36. The molecule has 2 aliphatic rings. The van der Waals surface area contributed by atoms with E-state index < -0.39 is 6.10 Å². The lowest BCUT2D eigenvalue weighted by Crippen LogP contribution is -2.36. The average molecular weight is 277 g/mol. The molecule has 0 aliphatic carbocycles. The molecule has 0 radical (unpaired) electrons. The summed E-state index contributed by atoms with van der Waals surface area (Å²) in [7, 11) is 0. The maximum atomic E-state index is 10.4. The molecule has 1 saturated heterocycles. The van der Waals surface area contributed by atoms with Crippen molar-refractivity contribution >= 4 is 0 Å². The molecule has 1 atom stereocenters. The SMILES string of the molecule is CCC1CCN(CC(O)c2ccc3c(c2)OCO3)CC1. The zero-order valence-electron chi connectivity index (χ0n) is 12.0. The first-order valence-electron chi connectivity index (χ1n) is 7.56. The van der Waals surface area contributed by atoms with Crippen LogP contribution in [-0.4, -0.2) is 36.4 Å². The van der Waals surface area contributed by atoms with Crippen LogP contribution in [-0.2, 0) is 0 Å². The molecule has 4 heteroatoms. The molecule has 20 heavy (non-hydrogen) atoms. The van der Waals surface area contributed by atoms with Crippen LogP contribution in [0.3, 0.4) is 0 Å². The minimum absolute atomic E-state index is 0.277. The number of hydrogen-bond donors (Lipinski definition) is 1. The van der Waals surface area contributed by atoms with Crippen molar-refractivity contribution in [3.63, 3.8) is 0 Å². The Balaban J connectivity index is 1.58. The number of β-amino-alcohol motifs (C(OH)–C–C–N with tert-alkyl or cyclic N) is 1. The topological polar surface area (TPSA) is 41.9 Å². The zero-order valence-corrected chi connectivity index (χ0v) is 12.0. The fraction of sp³-hybridized carbons (Fsp3) is 0.625. The van der Waals surface area contributed by atoms with E-state index in [1.54, 1.807) is 0 Å². The number of rotatable bonds is 4. The van der Waals surface area contributed by atoms with E-state index >= 15 is 0 Å². The first kappa shape index (κ1) is 13.7. The van der Waals surface area contributed by atoms with E-state index in [2.05, 4.69) is 11.8 Å². The van der Waals surface area contributed by atoms with Crippen molar-refractivity contribution in [3.05, 3.63) is 23.8 Å². The van der Waals surface area contributed by atoms with Crippen molar-refractivity contribution < 1.29 is 14.6 Å². The number of likely N-dealkylation sites (tertiary alicyclic amines) is 1. The number of fused-ring (bicyclic) bond motifs is 1. The second-order valence-corrected chi connectivity index (χ2v) is 5.78. The van der Waals surface area contributed by atoms with Crippen LogP contribution in [0.5, 0.6) is 11.5 Å². The molecule has 0 bridgehead atoms. The van der Waals surface area contributed by atoms with Gasteiger partial charge in [0, 0.05) is 6.54 Å². The Kier molecular flexibility index (Phi) is 4.13. The predicted octanol–water partition coefficient (Wildman–Crippen LogP) is 2.57. The van der Waals surface area contributed by atoms with Crippen molar-refractivity contribution in [2.24, 2.45) is 5.92 Å². The normalized spacial score (nSPS) is 21.1. The summed E-state index contributed by atoms with van der Waals surface area (Å²) in [5.74, 6) is 2.38. The van der Waals surface area contributed by atoms with Gasteiger partial charge in [-0.05, 0) is 49.5 Å². The maximum absolute atomic E-state index is 10.4. The summed E-state index contributed by atoms with van der Waals surface area (Å²) in [5, 5.41) is 10.4. The molecule has 1 aromatic carbocycles. The van der Waals surface area contributed by atoms with E-state index in [0.29, 0.717) is 6.54 Å². The van der Waals surface area contributed by atoms with Crippen molar-refractivity contribution in [3.8, 4) is 11.5 Å². The van der Waals surface area contributed by atoms with E-state index in [-0.39, 0.29) is 6.79 Å². The molecule has 0 saturated carbocycles. The van der Waals surface area contributed by atoms with Gasteiger partial charge in [-0.1, -0.05) is 19.4 Å². The molecule has 0 spiro atoms. The van der Waals surface area contributed by atoms with Crippen molar-refractivity contribution in [2.45, 2.75) is 32.3 Å². The number of benzene rings is 1. The quantitative estimate of drug-likeness (QED) is 0.918. The lowest BCUT2D eigenvalue weighted by atomic mass is 9.94. The third-order valence-electron chi connectivity index (χ3n) is 4.50. The first-order valence-corrected chi connectivity index (χ1v) is 7.56. The molecule has 3 rings (SSSR count). The van der Waals surface area contributed by atoms with E-state index in [0.717, 1.165) is 36.1 Å². The Bertz CT molecular complexity index is 455. The maximum Gasteiger partial charge on any atom is 0.231 e. The Labute approximate surface area is 120 Å². The summed E-state index contributed by atoms with van der Waals surface area (Å²) < 4.78 is 10.7. The lowest BCUT2D eigenvalue weighted by Gasteiger charge is -2.32. The van der Waals surface area contributed by atoms with E-state index in [1.807, 2.05) is 18.2 Å². The summed E-state index contributed by atoms with van der Waals surface area (Å²) in [6.07, 6.45) is 3.33. The van der Waals surface area contributed by atoms with Gasteiger partial charge in [-0.2, -0.15) is 0 Å². The van der Waals surface area contributed by atoms with E-state index in [1.165, 1.54) is 19.3 Å². The van der Waals surface area contributed by atoms with E-state index in [9.17, 15) is 5.11 Å². The molecule has 0 amide bonds. The average Bonchev–Trinajstić information content (AvgIpc) is 2.95. The summed E-state index contributed by atoms with van der Waals surface area (Å²) in [6, 6.07) is 5.70. The number of nitrogens with zero attached hydrogens (tertiary/aromatic N) is 1. The van der Waals surface area contributed by atoms with Crippen molar-refractivity contribution in [2.75, 3.05) is 26.4 Å². The lowest BCUT2D eigenvalue weighted by molar-refractivity contribution is 0.0886. The van der Waals surface area contributed by atoms with Crippen LogP contribution in [0, 0.1) is 5.92 Å². The van der Waals surface area contributed by atoms with Gasteiger partial charge in [-0.15, -0.1) is 0 Å². The molecule has 1 unspecified atom stereocenters. The number of hydrogen-bond acceptors (Lipinski definition) is 4. The minimum Gasteiger partial charge on any atom is -0.454 e. The second-order valence-electron chi connectivity index (χ2n) is 5.78. The molecule has 1 fully saturated rings. The zero-order chi connectivity index (χ0) is 13.9. The van der Waals surface area contributed by atoms with Gasteiger partial charge >= 0.3 is 0 Å². The number of aliphatic hydroxyl groups excluding tert-OH is 1. The highest BCUT2D eigenvalue weighted by Crippen LogP contribution is 2.34. The summed E-state index contributed by atoms with van der Waals surface area (Å²) in [6.45, 7) is 5.44. The van der Waals surface area contributed by atoms with Gasteiger partial charge in [0.25, 0.3) is 0 Å². The molecule has 110 valence electrons. The number of piperidine rings is 1. The van der Waals surface area contributed by atoms with Gasteiger partial charge in [0.1, 0.15) is 0 Å². The Morgan fingerprint density at radius 1 is 1.25 bits per heavy atom. The molecule has 4 nitrogen and oxygen atoms in total. The van der Waals surface area contributed by atoms with Gasteiger partial charge < -0.3 is 19.5 Å². The second kappa shape index (κ2) is 6.02. The summed E-state index contributed by atoms with van der Waals surface area (Å²) >= 11 is 0. The molecular weight excluding hydrogens is 254 g/mol. The highest BCUT2D eigenvalue weighted by atomic mass is 16.7. The van der Waals surface area contributed by atoms with Crippen LogP contribution in [0.15, 0.2) is 18.2 Å². The molecule has 1 N–H and O–H groups in total. The molecule has 2 heterocycles. The standard InChI is InChI=1S/C16H23NO3/c1-2-12-5-7-17(8-6-12)10-14(18)13-3-4-15-16(9-13)20-11-19-15/h3-4,9,12,14,18H,2,5-8,10-11H2,1H3. The fourth-order valence-corrected chi connectivity index (χ4v) is 3.05. The predicted molar refractivity (Wildman–Crippen MR) is 77.0 cm³/mol. The number of ether oxygens (including phenoxy) is 2. The third-order valence-corrected chi connectivity index (χ3v) is 4.50. The first-order chi connectivity index (χ1) is 9.76. The van der Waals surface area contributed by atoms with Gasteiger partial charge in [0.15, 0.2) is 11.5 Å². The molecule has 0 aromatic heterocycles. The van der Waals surface area contributed by atoms with Gasteiger partial charge in [0.2, 0.25) is 6.79 Å². The minimum atomic E-state index is -0.456. The third kappa shape index (κ3) is 2.91.